The van der Waals surface area contributed by atoms with Crippen LogP contribution in [0.15, 0.2) is 0 Å². The maximum atomic E-state index is 5.68. The Morgan fingerprint density at radius 1 is 1.67 bits per heavy atom. The van der Waals surface area contributed by atoms with Gasteiger partial charge >= 0.3 is 0 Å². The molecule has 0 saturated heterocycles. The Hall–Kier alpha value is -0.190. The highest BCUT2D eigenvalue weighted by Gasteiger charge is 2.07. The first kappa shape index (κ1) is 8.81. The molecule has 0 saturated carbocycles. The molecule has 1 atom stereocenters. The van der Waals surface area contributed by atoms with Crippen LogP contribution in [0.1, 0.15) is 13.8 Å². The quantitative estimate of drug-likeness (QED) is 0.436. The Morgan fingerprint density at radius 3 is 2.56 bits per heavy atom. The van der Waals surface area contributed by atoms with E-state index in [4.69, 9.17) is 22.8 Å². The number of halogens is 1. The number of alkyl halides is 1. The SMILES string of the molecule is C#CCOC(Cl)C(C)C. The molecule has 52 valence electrons. The Kier molecular flexibility index (Phi) is 4.57. The molecule has 0 aliphatic rings. The average molecular weight is 147 g/mol. The van der Waals surface area contributed by atoms with Gasteiger partial charge in [0.15, 0.2) is 0 Å². The van der Waals surface area contributed by atoms with Crippen molar-refractivity contribution in [2.24, 2.45) is 5.92 Å². The normalized spacial score (nSPS) is 13.2. The van der Waals surface area contributed by atoms with Crippen molar-refractivity contribution in [3.63, 3.8) is 0 Å². The first-order chi connectivity index (χ1) is 4.18. The summed E-state index contributed by atoms with van der Waals surface area (Å²) in [7, 11) is 0. The molecule has 1 unspecified atom stereocenters. The van der Waals surface area contributed by atoms with E-state index in [1.807, 2.05) is 13.8 Å². The highest BCUT2D eigenvalue weighted by molar-refractivity contribution is 6.19. The van der Waals surface area contributed by atoms with Gasteiger partial charge in [-0.25, -0.2) is 0 Å². The highest BCUT2D eigenvalue weighted by Crippen LogP contribution is 2.09. The lowest BCUT2D eigenvalue weighted by atomic mass is 10.2. The number of hydrogen-bond donors (Lipinski definition) is 0. The second kappa shape index (κ2) is 4.67. The largest absolute Gasteiger partial charge is 0.350 e. The van der Waals surface area contributed by atoms with Gasteiger partial charge in [-0.05, 0) is 5.92 Å². The van der Waals surface area contributed by atoms with Gasteiger partial charge in [-0.15, -0.1) is 6.42 Å². The third-order valence-corrected chi connectivity index (χ3v) is 1.48. The lowest BCUT2D eigenvalue weighted by Crippen LogP contribution is -2.12. The van der Waals surface area contributed by atoms with Gasteiger partial charge in [-0.2, -0.15) is 0 Å². The molecule has 0 radical (unpaired) electrons. The molecule has 0 aliphatic heterocycles. The van der Waals surface area contributed by atoms with Crippen molar-refractivity contribution in [3.8, 4) is 12.3 Å². The van der Waals surface area contributed by atoms with Crippen molar-refractivity contribution in [2.45, 2.75) is 19.4 Å². The summed E-state index contributed by atoms with van der Waals surface area (Å²) in [6.45, 7) is 4.26. The minimum absolute atomic E-state index is 0.249. The van der Waals surface area contributed by atoms with Crippen molar-refractivity contribution in [2.75, 3.05) is 6.61 Å². The van der Waals surface area contributed by atoms with E-state index >= 15 is 0 Å². The average Bonchev–Trinajstić information content (AvgIpc) is 1.82. The fourth-order valence-electron chi connectivity index (χ4n) is 0.320. The molecule has 0 aliphatic carbocycles. The maximum absolute atomic E-state index is 5.68. The van der Waals surface area contributed by atoms with Gasteiger partial charge in [-0.1, -0.05) is 31.4 Å². The summed E-state index contributed by atoms with van der Waals surface area (Å²) in [6.07, 6.45) is 4.94. The molecule has 0 aromatic heterocycles. The van der Waals surface area contributed by atoms with Crippen molar-refractivity contribution in [3.05, 3.63) is 0 Å². The van der Waals surface area contributed by atoms with Crippen LogP contribution in [0.25, 0.3) is 0 Å². The number of ether oxygens (including phenoxy) is 1. The first-order valence-corrected chi connectivity index (χ1v) is 3.31. The van der Waals surface area contributed by atoms with Gasteiger partial charge in [0.1, 0.15) is 12.2 Å². The molecule has 0 amide bonds. The summed E-state index contributed by atoms with van der Waals surface area (Å²) in [5.41, 5.74) is -0.249. The zero-order valence-electron chi connectivity index (χ0n) is 5.73. The van der Waals surface area contributed by atoms with Crippen LogP contribution in [0.3, 0.4) is 0 Å². The van der Waals surface area contributed by atoms with Crippen molar-refractivity contribution in [1.82, 2.24) is 0 Å². The van der Waals surface area contributed by atoms with Crippen LogP contribution in [-0.2, 0) is 4.74 Å². The summed E-state index contributed by atoms with van der Waals surface area (Å²) in [5.74, 6) is 2.67. The van der Waals surface area contributed by atoms with Gasteiger partial charge in [0.25, 0.3) is 0 Å². The zero-order valence-corrected chi connectivity index (χ0v) is 6.48. The molecule has 0 rings (SSSR count). The van der Waals surface area contributed by atoms with E-state index in [9.17, 15) is 0 Å². The van der Waals surface area contributed by atoms with Crippen LogP contribution in [0.2, 0.25) is 0 Å². The third-order valence-electron chi connectivity index (χ3n) is 0.850. The van der Waals surface area contributed by atoms with E-state index in [1.165, 1.54) is 0 Å². The van der Waals surface area contributed by atoms with E-state index in [1.54, 1.807) is 0 Å². The summed E-state index contributed by atoms with van der Waals surface area (Å²) in [4.78, 5) is 0. The standard InChI is InChI=1S/C7H11ClO/c1-4-5-9-7(8)6(2)3/h1,6-7H,5H2,2-3H3. The fraction of sp³-hybridized carbons (Fsp3) is 0.714. The Balaban J connectivity index is 3.29. The Labute approximate surface area is 61.3 Å². The molecule has 0 heterocycles. The van der Waals surface area contributed by atoms with E-state index in [-0.39, 0.29) is 5.56 Å². The maximum Gasteiger partial charge on any atom is 0.134 e. The van der Waals surface area contributed by atoms with Crippen LogP contribution in [0.5, 0.6) is 0 Å². The Bertz CT molecular complexity index is 104. The predicted molar refractivity (Wildman–Crippen MR) is 39.3 cm³/mol. The molecule has 0 N–H and O–H groups in total. The summed E-state index contributed by atoms with van der Waals surface area (Å²) in [6, 6.07) is 0. The van der Waals surface area contributed by atoms with Crippen LogP contribution in [0.4, 0.5) is 0 Å². The lowest BCUT2D eigenvalue weighted by Gasteiger charge is -2.11. The van der Waals surface area contributed by atoms with Crippen molar-refractivity contribution >= 4 is 11.6 Å². The second-order valence-corrected chi connectivity index (χ2v) is 2.54. The topological polar surface area (TPSA) is 9.23 Å². The van der Waals surface area contributed by atoms with Crippen LogP contribution < -0.4 is 0 Å². The van der Waals surface area contributed by atoms with Gasteiger partial charge in [0.2, 0.25) is 0 Å². The fourth-order valence-corrected chi connectivity index (χ4v) is 0.383. The molecule has 0 fully saturated rings. The van der Waals surface area contributed by atoms with Crippen LogP contribution in [0, 0.1) is 18.3 Å². The van der Waals surface area contributed by atoms with E-state index in [0.29, 0.717) is 12.5 Å². The molecule has 0 aromatic carbocycles. The first-order valence-electron chi connectivity index (χ1n) is 2.87. The third kappa shape index (κ3) is 4.32. The minimum atomic E-state index is -0.249. The van der Waals surface area contributed by atoms with E-state index in [2.05, 4.69) is 5.92 Å². The van der Waals surface area contributed by atoms with E-state index in [0.717, 1.165) is 0 Å². The molecule has 0 spiro atoms. The molecule has 0 aromatic rings. The van der Waals surface area contributed by atoms with Gasteiger partial charge < -0.3 is 4.74 Å². The smallest absolute Gasteiger partial charge is 0.134 e. The predicted octanol–water partition coefficient (Wildman–Crippen LogP) is 1.86. The summed E-state index contributed by atoms with van der Waals surface area (Å²) >= 11 is 5.68. The summed E-state index contributed by atoms with van der Waals surface area (Å²) < 4.78 is 4.98. The number of terminal acetylenes is 1. The molecular formula is C7H11ClO. The zero-order chi connectivity index (χ0) is 7.28. The molecular weight excluding hydrogens is 136 g/mol. The second-order valence-electron chi connectivity index (χ2n) is 2.11. The van der Waals surface area contributed by atoms with Crippen molar-refractivity contribution < 1.29 is 4.74 Å². The van der Waals surface area contributed by atoms with Crippen molar-refractivity contribution in [1.29, 1.82) is 0 Å². The molecule has 1 nitrogen and oxygen atoms in total. The van der Waals surface area contributed by atoms with Crippen LogP contribution >= 0.6 is 11.6 Å². The Morgan fingerprint density at radius 2 is 2.22 bits per heavy atom. The minimum Gasteiger partial charge on any atom is -0.350 e. The van der Waals surface area contributed by atoms with Gasteiger partial charge in [0.05, 0.1) is 0 Å². The highest BCUT2D eigenvalue weighted by atomic mass is 35.5. The number of hydrogen-bond acceptors (Lipinski definition) is 1. The monoisotopic (exact) mass is 146 g/mol. The number of rotatable bonds is 3. The van der Waals surface area contributed by atoms with Crippen LogP contribution in [-0.4, -0.2) is 12.2 Å². The molecule has 2 heteroatoms. The summed E-state index contributed by atoms with van der Waals surface area (Å²) in [5, 5.41) is 0. The van der Waals surface area contributed by atoms with Gasteiger partial charge in [0, 0.05) is 0 Å². The van der Waals surface area contributed by atoms with E-state index < -0.39 is 0 Å². The molecule has 0 bridgehead atoms. The van der Waals surface area contributed by atoms with Gasteiger partial charge in [-0.3, -0.25) is 0 Å². The molecule has 9 heavy (non-hydrogen) atoms. The lowest BCUT2D eigenvalue weighted by molar-refractivity contribution is 0.105.